The zero-order chi connectivity index (χ0) is 14.0. The van der Waals surface area contributed by atoms with Gasteiger partial charge in [0.2, 0.25) is 5.88 Å². The first-order chi connectivity index (χ1) is 8.95. The number of aromatic amines is 1. The first-order valence-electron chi connectivity index (χ1n) is 5.80. The Balaban J connectivity index is 2.38. The van der Waals surface area contributed by atoms with Crippen LogP contribution >= 0.6 is 0 Å². The van der Waals surface area contributed by atoms with E-state index in [1.165, 1.54) is 18.2 Å². The predicted octanol–water partition coefficient (Wildman–Crippen LogP) is 2.41. The Morgan fingerprint density at radius 3 is 2.79 bits per heavy atom. The van der Waals surface area contributed by atoms with Crippen LogP contribution in [0.5, 0.6) is 11.6 Å². The summed E-state index contributed by atoms with van der Waals surface area (Å²) in [6, 6.07) is 4.96. The molecule has 1 heterocycles. The topological polar surface area (TPSA) is 81.0 Å². The molecule has 0 bridgehead atoms. The highest BCUT2D eigenvalue weighted by atomic mass is 19.1. The fourth-order valence-corrected chi connectivity index (χ4v) is 1.49. The Morgan fingerprint density at radius 1 is 1.37 bits per heavy atom. The van der Waals surface area contributed by atoms with Crippen molar-refractivity contribution in [3.8, 4) is 11.6 Å². The van der Waals surface area contributed by atoms with Gasteiger partial charge in [-0.2, -0.15) is 4.98 Å². The number of nitrogen functional groups attached to an aromatic ring is 1. The Morgan fingerprint density at radius 2 is 2.11 bits per heavy atom. The van der Waals surface area contributed by atoms with Crippen LogP contribution in [0.25, 0.3) is 0 Å². The first-order valence-corrected chi connectivity index (χ1v) is 5.80. The smallest absolute Gasteiger partial charge is 0.254 e. The van der Waals surface area contributed by atoms with Gasteiger partial charge in [0.1, 0.15) is 11.6 Å². The zero-order valence-electron chi connectivity index (χ0n) is 10.6. The highest BCUT2D eigenvalue weighted by molar-refractivity contribution is 5.53. The number of nitrogens with one attached hydrogen (secondary N) is 1. The van der Waals surface area contributed by atoms with Crippen LogP contribution < -0.4 is 16.0 Å². The van der Waals surface area contributed by atoms with Crippen LogP contribution in [0.3, 0.4) is 0 Å². The third kappa shape index (κ3) is 3.09. The monoisotopic (exact) mass is 263 g/mol. The molecule has 0 saturated carbocycles. The third-order valence-electron chi connectivity index (χ3n) is 2.47. The lowest BCUT2D eigenvalue weighted by atomic mass is 10.2. The van der Waals surface area contributed by atoms with Gasteiger partial charge in [-0.15, -0.1) is 0 Å². The molecular formula is C13H14FN3O2. The summed E-state index contributed by atoms with van der Waals surface area (Å²) in [5.41, 5.74) is 5.61. The Bertz CT molecular complexity index is 653. The normalized spacial score (nSPS) is 10.7. The number of aromatic nitrogens is 2. The third-order valence-corrected chi connectivity index (χ3v) is 2.47. The zero-order valence-corrected chi connectivity index (χ0v) is 10.6. The van der Waals surface area contributed by atoms with E-state index < -0.39 is 5.82 Å². The molecule has 5 nitrogen and oxygen atoms in total. The van der Waals surface area contributed by atoms with Gasteiger partial charge in [0, 0.05) is 12.0 Å². The van der Waals surface area contributed by atoms with Crippen molar-refractivity contribution in [3.05, 3.63) is 46.3 Å². The van der Waals surface area contributed by atoms with Crippen LogP contribution in [0.15, 0.2) is 29.1 Å². The lowest BCUT2D eigenvalue weighted by Crippen LogP contribution is -2.12. The molecule has 0 atom stereocenters. The van der Waals surface area contributed by atoms with Gasteiger partial charge in [-0.3, -0.25) is 4.79 Å². The van der Waals surface area contributed by atoms with E-state index in [4.69, 9.17) is 10.5 Å². The van der Waals surface area contributed by atoms with Crippen LogP contribution in [0, 0.1) is 5.82 Å². The number of hydrogen-bond donors (Lipinski definition) is 2. The van der Waals surface area contributed by atoms with Gasteiger partial charge in [-0.25, -0.2) is 4.39 Å². The highest BCUT2D eigenvalue weighted by Crippen LogP contribution is 2.26. The van der Waals surface area contributed by atoms with E-state index in [2.05, 4.69) is 9.97 Å². The van der Waals surface area contributed by atoms with Crippen molar-refractivity contribution in [2.45, 2.75) is 19.8 Å². The average molecular weight is 263 g/mol. The molecule has 1 aromatic heterocycles. The Hall–Kier alpha value is -2.37. The number of ether oxygens (including phenoxy) is 1. The van der Waals surface area contributed by atoms with Gasteiger partial charge >= 0.3 is 0 Å². The molecule has 0 saturated heterocycles. The summed E-state index contributed by atoms with van der Waals surface area (Å²) in [4.78, 5) is 18.2. The van der Waals surface area contributed by atoms with E-state index in [0.717, 1.165) is 6.07 Å². The van der Waals surface area contributed by atoms with Crippen molar-refractivity contribution in [3.63, 3.8) is 0 Å². The van der Waals surface area contributed by atoms with Crippen LogP contribution in [0.2, 0.25) is 0 Å². The van der Waals surface area contributed by atoms with Crippen molar-refractivity contribution in [2.75, 3.05) is 5.73 Å². The number of benzene rings is 1. The number of rotatable bonds is 3. The van der Waals surface area contributed by atoms with Crippen LogP contribution in [0.4, 0.5) is 10.1 Å². The molecule has 0 aliphatic carbocycles. The van der Waals surface area contributed by atoms with Crippen LogP contribution in [-0.4, -0.2) is 9.97 Å². The maximum atomic E-state index is 13.1. The summed E-state index contributed by atoms with van der Waals surface area (Å²) in [6.07, 6.45) is 0. The molecule has 0 aliphatic heterocycles. The lowest BCUT2D eigenvalue weighted by Gasteiger charge is -2.09. The average Bonchev–Trinajstić information content (AvgIpc) is 2.33. The molecule has 0 radical (unpaired) electrons. The maximum absolute atomic E-state index is 13.1. The molecule has 0 unspecified atom stereocenters. The molecule has 0 fully saturated rings. The van der Waals surface area contributed by atoms with Gasteiger partial charge in [-0.05, 0) is 12.1 Å². The molecule has 2 aromatic rings. The SMILES string of the molecule is CC(C)c1nc(Oc2cc(F)ccc2N)cc(=O)[nH]1. The molecule has 19 heavy (non-hydrogen) atoms. The highest BCUT2D eigenvalue weighted by Gasteiger charge is 2.09. The van der Waals surface area contributed by atoms with Crippen molar-refractivity contribution >= 4 is 5.69 Å². The quantitative estimate of drug-likeness (QED) is 0.833. The summed E-state index contributed by atoms with van der Waals surface area (Å²) in [7, 11) is 0. The summed E-state index contributed by atoms with van der Waals surface area (Å²) in [5.74, 6) is 0.286. The fourth-order valence-electron chi connectivity index (χ4n) is 1.49. The van der Waals surface area contributed by atoms with Gasteiger partial charge in [0.15, 0.2) is 5.75 Å². The maximum Gasteiger partial charge on any atom is 0.254 e. The molecule has 2 rings (SSSR count). The molecule has 0 spiro atoms. The van der Waals surface area contributed by atoms with E-state index in [1.807, 2.05) is 13.8 Å². The van der Waals surface area contributed by atoms with Gasteiger partial charge in [0.25, 0.3) is 5.56 Å². The number of hydrogen-bond acceptors (Lipinski definition) is 4. The summed E-state index contributed by atoms with van der Waals surface area (Å²) in [5, 5.41) is 0. The summed E-state index contributed by atoms with van der Waals surface area (Å²) < 4.78 is 18.5. The second-order valence-electron chi connectivity index (χ2n) is 4.41. The van der Waals surface area contributed by atoms with Gasteiger partial charge < -0.3 is 15.5 Å². The largest absolute Gasteiger partial charge is 0.436 e. The molecule has 6 heteroatoms. The molecular weight excluding hydrogens is 249 g/mol. The van der Waals surface area contributed by atoms with Gasteiger partial charge in [0.05, 0.1) is 11.8 Å². The number of anilines is 1. The molecule has 0 amide bonds. The molecule has 100 valence electrons. The van der Waals surface area contributed by atoms with Crippen LogP contribution in [0.1, 0.15) is 25.6 Å². The van der Waals surface area contributed by atoms with E-state index in [0.29, 0.717) is 5.82 Å². The van der Waals surface area contributed by atoms with Crippen molar-refractivity contribution < 1.29 is 9.13 Å². The van der Waals surface area contributed by atoms with E-state index in [9.17, 15) is 9.18 Å². The van der Waals surface area contributed by atoms with Gasteiger partial charge in [-0.1, -0.05) is 13.8 Å². The van der Waals surface area contributed by atoms with Crippen LogP contribution in [-0.2, 0) is 0 Å². The molecule has 0 aliphatic rings. The van der Waals surface area contributed by atoms with Crippen molar-refractivity contribution in [2.24, 2.45) is 0 Å². The summed E-state index contributed by atoms with van der Waals surface area (Å²) >= 11 is 0. The summed E-state index contributed by atoms with van der Waals surface area (Å²) in [6.45, 7) is 3.77. The lowest BCUT2D eigenvalue weighted by molar-refractivity contribution is 0.453. The molecule has 1 aromatic carbocycles. The minimum Gasteiger partial charge on any atom is -0.436 e. The Kier molecular flexibility index (Phi) is 3.50. The van der Waals surface area contributed by atoms with E-state index in [-0.39, 0.29) is 28.8 Å². The standard InChI is InChI=1S/C13H14FN3O2/c1-7(2)13-16-11(18)6-12(17-13)19-10-5-8(14)3-4-9(10)15/h3-7H,15H2,1-2H3,(H,16,17,18). The number of halogens is 1. The van der Waals surface area contributed by atoms with E-state index in [1.54, 1.807) is 0 Å². The second kappa shape index (κ2) is 5.09. The number of nitrogens with zero attached hydrogens (tertiary/aromatic N) is 1. The fraction of sp³-hybridized carbons (Fsp3) is 0.231. The first kappa shape index (κ1) is 13.1. The molecule has 3 N–H and O–H groups in total. The number of nitrogens with two attached hydrogens (primary N) is 1. The van der Waals surface area contributed by atoms with E-state index >= 15 is 0 Å². The minimum absolute atomic E-state index is 0.0427. The Labute approximate surface area is 109 Å². The minimum atomic E-state index is -0.474. The predicted molar refractivity (Wildman–Crippen MR) is 69.8 cm³/mol. The number of H-pyrrole nitrogens is 1. The second-order valence-corrected chi connectivity index (χ2v) is 4.41. The van der Waals surface area contributed by atoms with Crippen molar-refractivity contribution in [1.29, 1.82) is 0 Å². The van der Waals surface area contributed by atoms with Crippen molar-refractivity contribution in [1.82, 2.24) is 9.97 Å².